The molecular formula is C16H19N3O3S. The number of carbonyl (C=O) groups is 2. The summed E-state index contributed by atoms with van der Waals surface area (Å²) in [7, 11) is 1.33. The molecule has 0 aliphatic carbocycles. The number of esters is 1. The molecule has 0 spiro atoms. The van der Waals surface area contributed by atoms with Gasteiger partial charge in [-0.1, -0.05) is 30.3 Å². The molecule has 3 N–H and O–H groups in total. The van der Waals surface area contributed by atoms with Crippen LogP contribution in [0.4, 0.5) is 0 Å². The fraction of sp³-hybridized carbons (Fsp3) is 0.312. The first-order valence-corrected chi connectivity index (χ1v) is 8.03. The first kappa shape index (κ1) is 17.1. The summed E-state index contributed by atoms with van der Waals surface area (Å²) in [5.74, 6) is -1.26. The maximum Gasteiger partial charge on any atom is 0.310 e. The van der Waals surface area contributed by atoms with Gasteiger partial charge >= 0.3 is 5.97 Å². The van der Waals surface area contributed by atoms with Gasteiger partial charge in [-0.15, -0.1) is 11.3 Å². The highest BCUT2D eigenvalue weighted by Gasteiger charge is 2.28. The zero-order chi connectivity index (χ0) is 16.8. The molecule has 122 valence electrons. The molecule has 2 atom stereocenters. The highest BCUT2D eigenvalue weighted by molar-refractivity contribution is 7.09. The highest BCUT2D eigenvalue weighted by atomic mass is 32.1. The molecule has 1 aromatic heterocycles. The van der Waals surface area contributed by atoms with Gasteiger partial charge in [0.1, 0.15) is 10.7 Å². The van der Waals surface area contributed by atoms with E-state index in [4.69, 9.17) is 10.5 Å². The van der Waals surface area contributed by atoms with Crippen LogP contribution in [0.3, 0.4) is 0 Å². The zero-order valence-corrected chi connectivity index (χ0v) is 13.8. The van der Waals surface area contributed by atoms with Gasteiger partial charge in [-0.2, -0.15) is 0 Å². The van der Waals surface area contributed by atoms with E-state index in [2.05, 4.69) is 10.3 Å². The van der Waals surface area contributed by atoms with E-state index in [-0.39, 0.29) is 11.9 Å². The van der Waals surface area contributed by atoms with Crippen molar-refractivity contribution in [1.29, 1.82) is 0 Å². The Morgan fingerprint density at radius 2 is 2.04 bits per heavy atom. The van der Waals surface area contributed by atoms with Crippen LogP contribution in [0.5, 0.6) is 0 Å². The average molecular weight is 333 g/mol. The second-order valence-electron chi connectivity index (χ2n) is 5.00. The SMILES string of the molecule is COC(=O)C(C)C(NC(=O)c1csc(CN)n1)c1ccccc1. The molecule has 1 amide bonds. The Balaban J connectivity index is 2.23. The van der Waals surface area contributed by atoms with Gasteiger partial charge in [-0.25, -0.2) is 4.98 Å². The van der Waals surface area contributed by atoms with Crippen LogP contribution in [0.15, 0.2) is 35.7 Å². The second-order valence-corrected chi connectivity index (χ2v) is 5.95. The van der Waals surface area contributed by atoms with Crippen LogP contribution < -0.4 is 11.1 Å². The van der Waals surface area contributed by atoms with Crippen molar-refractivity contribution in [3.63, 3.8) is 0 Å². The van der Waals surface area contributed by atoms with E-state index in [1.54, 1.807) is 12.3 Å². The van der Waals surface area contributed by atoms with Crippen molar-refractivity contribution in [2.45, 2.75) is 19.5 Å². The summed E-state index contributed by atoms with van der Waals surface area (Å²) >= 11 is 1.33. The van der Waals surface area contributed by atoms with E-state index in [1.165, 1.54) is 18.4 Å². The minimum Gasteiger partial charge on any atom is -0.469 e. The summed E-state index contributed by atoms with van der Waals surface area (Å²) in [5.41, 5.74) is 6.64. The first-order chi connectivity index (χ1) is 11.1. The van der Waals surface area contributed by atoms with Gasteiger partial charge in [0, 0.05) is 11.9 Å². The predicted molar refractivity (Wildman–Crippen MR) is 87.8 cm³/mol. The number of methoxy groups -OCH3 is 1. The summed E-state index contributed by atoms with van der Waals surface area (Å²) in [6.45, 7) is 2.01. The molecule has 2 unspecified atom stereocenters. The molecule has 0 aliphatic heterocycles. The molecule has 6 nitrogen and oxygen atoms in total. The number of nitrogens with two attached hydrogens (primary N) is 1. The lowest BCUT2D eigenvalue weighted by molar-refractivity contribution is -0.145. The average Bonchev–Trinajstić information content (AvgIpc) is 3.08. The van der Waals surface area contributed by atoms with Gasteiger partial charge in [0.25, 0.3) is 5.91 Å². The number of thiazole rings is 1. The van der Waals surface area contributed by atoms with Crippen LogP contribution in [0.25, 0.3) is 0 Å². The van der Waals surface area contributed by atoms with Gasteiger partial charge in [-0.3, -0.25) is 9.59 Å². The Kier molecular flexibility index (Phi) is 5.84. The maximum absolute atomic E-state index is 12.4. The van der Waals surface area contributed by atoms with E-state index in [9.17, 15) is 9.59 Å². The molecule has 1 heterocycles. The maximum atomic E-state index is 12.4. The van der Waals surface area contributed by atoms with Crippen molar-refractivity contribution in [2.24, 2.45) is 11.7 Å². The zero-order valence-electron chi connectivity index (χ0n) is 13.0. The number of carbonyl (C=O) groups excluding carboxylic acids is 2. The van der Waals surface area contributed by atoms with Crippen LogP contribution in [-0.4, -0.2) is 24.0 Å². The Morgan fingerprint density at radius 1 is 1.35 bits per heavy atom. The summed E-state index contributed by atoms with van der Waals surface area (Å²) in [5, 5.41) is 5.21. The van der Waals surface area contributed by atoms with Gasteiger partial charge in [0.05, 0.1) is 19.1 Å². The van der Waals surface area contributed by atoms with Crippen LogP contribution >= 0.6 is 11.3 Å². The summed E-state index contributed by atoms with van der Waals surface area (Å²) < 4.78 is 4.80. The molecule has 2 rings (SSSR count). The normalized spacial score (nSPS) is 13.2. The topological polar surface area (TPSA) is 94.3 Å². The van der Waals surface area contributed by atoms with Crippen molar-refractivity contribution in [3.05, 3.63) is 52.0 Å². The number of hydrogen-bond acceptors (Lipinski definition) is 6. The van der Waals surface area contributed by atoms with Gasteiger partial charge < -0.3 is 15.8 Å². The molecule has 0 radical (unpaired) electrons. The lowest BCUT2D eigenvalue weighted by atomic mass is 9.94. The smallest absolute Gasteiger partial charge is 0.310 e. The van der Waals surface area contributed by atoms with Crippen LogP contribution in [0.2, 0.25) is 0 Å². The van der Waals surface area contributed by atoms with Gasteiger partial charge in [-0.05, 0) is 12.5 Å². The number of aromatic nitrogens is 1. The fourth-order valence-electron chi connectivity index (χ4n) is 2.20. The minimum atomic E-state index is -0.529. The van der Waals surface area contributed by atoms with Crippen molar-refractivity contribution < 1.29 is 14.3 Å². The molecule has 0 fully saturated rings. The van der Waals surface area contributed by atoms with Crippen molar-refractivity contribution in [3.8, 4) is 0 Å². The summed E-state index contributed by atoms with van der Waals surface area (Å²) in [6, 6.07) is 8.80. The molecule has 23 heavy (non-hydrogen) atoms. The van der Waals surface area contributed by atoms with Gasteiger partial charge in [0.15, 0.2) is 0 Å². The summed E-state index contributed by atoms with van der Waals surface area (Å²) in [6.07, 6.45) is 0. The first-order valence-electron chi connectivity index (χ1n) is 7.15. The Morgan fingerprint density at radius 3 is 2.61 bits per heavy atom. The third kappa shape index (κ3) is 4.14. The molecule has 0 aliphatic rings. The van der Waals surface area contributed by atoms with Crippen LogP contribution in [0, 0.1) is 5.92 Å². The van der Waals surface area contributed by atoms with Gasteiger partial charge in [0.2, 0.25) is 0 Å². The van der Waals surface area contributed by atoms with Crippen LogP contribution in [0.1, 0.15) is 34.0 Å². The number of nitrogens with zero attached hydrogens (tertiary/aromatic N) is 1. The third-order valence-corrected chi connectivity index (χ3v) is 4.35. The Hall–Kier alpha value is -2.25. The third-order valence-electron chi connectivity index (χ3n) is 3.48. The quantitative estimate of drug-likeness (QED) is 0.787. The molecule has 1 aromatic carbocycles. The molecule has 2 aromatic rings. The van der Waals surface area contributed by atoms with Crippen molar-refractivity contribution >= 4 is 23.2 Å². The van der Waals surface area contributed by atoms with E-state index in [0.717, 1.165) is 5.56 Å². The highest BCUT2D eigenvalue weighted by Crippen LogP contribution is 2.23. The number of nitrogens with one attached hydrogen (secondary N) is 1. The van der Waals surface area contributed by atoms with E-state index >= 15 is 0 Å². The lowest BCUT2D eigenvalue weighted by Gasteiger charge is -2.23. The number of rotatable bonds is 6. The molecular weight excluding hydrogens is 314 g/mol. The molecule has 0 bridgehead atoms. The number of ether oxygens (including phenoxy) is 1. The summed E-state index contributed by atoms with van der Waals surface area (Å²) in [4.78, 5) is 28.5. The lowest BCUT2D eigenvalue weighted by Crippen LogP contribution is -2.36. The van der Waals surface area contributed by atoms with E-state index in [1.807, 2.05) is 30.3 Å². The van der Waals surface area contributed by atoms with E-state index < -0.39 is 12.0 Å². The number of amides is 1. The standard InChI is InChI=1S/C16H19N3O3S/c1-10(16(21)22-2)14(11-6-4-3-5-7-11)19-15(20)12-9-23-13(8-17)18-12/h3-7,9-10,14H,8,17H2,1-2H3,(H,19,20). The number of benzene rings is 1. The fourth-order valence-corrected chi connectivity index (χ4v) is 2.86. The molecule has 0 saturated carbocycles. The predicted octanol–water partition coefficient (Wildman–Crippen LogP) is 1.88. The Bertz CT molecular complexity index is 672. The van der Waals surface area contributed by atoms with Crippen molar-refractivity contribution in [2.75, 3.05) is 7.11 Å². The molecule has 7 heteroatoms. The second kappa shape index (κ2) is 7.85. The van der Waals surface area contributed by atoms with Crippen molar-refractivity contribution in [1.82, 2.24) is 10.3 Å². The molecule has 0 saturated heterocycles. The van der Waals surface area contributed by atoms with E-state index in [0.29, 0.717) is 17.2 Å². The number of hydrogen-bond donors (Lipinski definition) is 2. The van der Waals surface area contributed by atoms with Crippen LogP contribution in [-0.2, 0) is 16.1 Å². The largest absolute Gasteiger partial charge is 0.469 e. The minimum absolute atomic E-state index is 0.290. The Labute approximate surface area is 138 Å². The monoisotopic (exact) mass is 333 g/mol.